The van der Waals surface area contributed by atoms with Gasteiger partial charge in [0.15, 0.2) is 0 Å². The molecule has 0 saturated heterocycles. The van der Waals surface area contributed by atoms with Gasteiger partial charge in [-0.3, -0.25) is 0 Å². The molecule has 8 heteroatoms. The predicted octanol–water partition coefficient (Wildman–Crippen LogP) is -2.17. The van der Waals surface area contributed by atoms with E-state index in [-0.39, 0.29) is 39.1 Å². The second-order valence-corrected chi connectivity index (χ2v) is 8.73. The molecule has 0 heterocycles. The molecule has 0 spiro atoms. The summed E-state index contributed by atoms with van der Waals surface area (Å²) in [5.41, 5.74) is 0. The van der Waals surface area contributed by atoms with Gasteiger partial charge in [-0.2, -0.15) is 0 Å². The Balaban J connectivity index is 0.00000225. The average Bonchev–Trinajstić information content (AvgIpc) is 2.19. The Hall–Kier alpha value is 0.490. The van der Waals surface area contributed by atoms with Crippen LogP contribution in [0.5, 0.6) is 0 Å². The van der Waals surface area contributed by atoms with E-state index in [1.807, 2.05) is 0 Å². The Morgan fingerprint density at radius 1 is 1.50 bits per heavy atom. The number of halogens is 1. The summed E-state index contributed by atoms with van der Waals surface area (Å²) < 4.78 is 33.8. The third kappa shape index (κ3) is 4.40. The van der Waals surface area contributed by atoms with Crippen LogP contribution in [0, 0.1) is 8.98 Å². The average molecular weight is 365 g/mol. The van der Waals surface area contributed by atoms with E-state index >= 15 is 0 Å². The number of benzene rings is 1. The van der Waals surface area contributed by atoms with E-state index in [1.54, 1.807) is 6.07 Å². The van der Waals surface area contributed by atoms with E-state index in [4.69, 9.17) is 10.5 Å². The maximum atomic E-state index is 10.7. The molecule has 0 aromatic heterocycles. The minimum absolute atomic E-state index is 0. The second-order valence-electron chi connectivity index (χ2n) is 2.54. The summed E-state index contributed by atoms with van der Waals surface area (Å²) in [5.74, 6) is 0. The minimum Gasteiger partial charge on any atom is 1.00 e. The van der Waals surface area contributed by atoms with Crippen LogP contribution in [0.15, 0.2) is 29.2 Å². The first-order valence-electron chi connectivity index (χ1n) is 3.80. The van der Waals surface area contributed by atoms with Gasteiger partial charge in [0.1, 0.15) is 0 Å². The number of aliphatic hydroxyl groups excluding tert-OH is 1. The van der Waals surface area contributed by atoms with Crippen LogP contribution in [0.4, 0.5) is 0 Å². The SMILES string of the molecule is N=CI(CO)c1cccc(S(=O)(=O)[O-])c1.[Na+]. The van der Waals surface area contributed by atoms with Crippen molar-refractivity contribution in [3.8, 4) is 0 Å². The fraction of sp³-hybridized carbons (Fsp3) is 0.125. The van der Waals surface area contributed by atoms with E-state index in [0.717, 1.165) is 4.22 Å². The molecule has 0 aliphatic carbocycles. The molecule has 84 valence electrons. The number of aliphatic hydroxyl groups is 1. The van der Waals surface area contributed by atoms with E-state index < -0.39 is 29.9 Å². The van der Waals surface area contributed by atoms with Gasteiger partial charge in [0, 0.05) is 0 Å². The molecule has 16 heavy (non-hydrogen) atoms. The van der Waals surface area contributed by atoms with Crippen molar-refractivity contribution in [2.24, 2.45) is 0 Å². The van der Waals surface area contributed by atoms with Crippen molar-refractivity contribution >= 4 is 34.2 Å². The van der Waals surface area contributed by atoms with E-state index in [1.165, 1.54) is 18.2 Å². The number of hydrogen-bond acceptors (Lipinski definition) is 5. The van der Waals surface area contributed by atoms with Crippen LogP contribution in [0.1, 0.15) is 0 Å². The van der Waals surface area contributed by atoms with Crippen LogP contribution in [0.3, 0.4) is 0 Å². The van der Waals surface area contributed by atoms with E-state index in [9.17, 15) is 13.0 Å². The summed E-state index contributed by atoms with van der Waals surface area (Å²) in [6.07, 6.45) is 0. The van der Waals surface area contributed by atoms with E-state index in [2.05, 4.69) is 0 Å². The molecule has 2 N–H and O–H groups in total. The molecule has 0 saturated carbocycles. The van der Waals surface area contributed by atoms with Crippen molar-refractivity contribution in [2.75, 3.05) is 4.61 Å². The zero-order chi connectivity index (χ0) is 11.5. The summed E-state index contributed by atoms with van der Waals surface area (Å²) in [7, 11) is -4.46. The van der Waals surface area contributed by atoms with Crippen LogP contribution in [0.25, 0.3) is 0 Å². The Labute approximate surface area is 123 Å². The van der Waals surface area contributed by atoms with Crippen molar-refractivity contribution in [1.82, 2.24) is 0 Å². The van der Waals surface area contributed by atoms with Crippen molar-refractivity contribution in [3.05, 3.63) is 27.8 Å². The number of nitrogens with one attached hydrogen (secondary N) is 1. The summed E-state index contributed by atoms with van der Waals surface area (Å²) in [6.45, 7) is 0. The van der Waals surface area contributed by atoms with Crippen LogP contribution >= 0.6 is 19.8 Å². The number of alkyl halides is 1. The molecule has 0 unspecified atom stereocenters. The van der Waals surface area contributed by atoms with E-state index in [0.29, 0.717) is 3.57 Å². The normalized spacial score (nSPS) is 11.5. The van der Waals surface area contributed by atoms with Gasteiger partial charge in [0.05, 0.1) is 0 Å². The molecule has 1 aromatic carbocycles. The van der Waals surface area contributed by atoms with Gasteiger partial charge in [-0.05, 0) is 0 Å². The zero-order valence-electron chi connectivity index (χ0n) is 8.55. The topological polar surface area (TPSA) is 101 Å². The fourth-order valence-corrected chi connectivity index (χ4v) is 4.02. The summed E-state index contributed by atoms with van der Waals surface area (Å²) in [5, 5.41) is 16.0. The smallest absolute Gasteiger partial charge is 1.00 e. The third-order valence-electron chi connectivity index (χ3n) is 1.63. The first-order valence-corrected chi connectivity index (χ1v) is 9.06. The van der Waals surface area contributed by atoms with Gasteiger partial charge in [-0.25, -0.2) is 0 Å². The monoisotopic (exact) mass is 365 g/mol. The van der Waals surface area contributed by atoms with Crippen molar-refractivity contribution < 1.29 is 47.6 Å². The van der Waals surface area contributed by atoms with Gasteiger partial charge in [0.2, 0.25) is 0 Å². The van der Waals surface area contributed by atoms with Crippen molar-refractivity contribution in [1.29, 1.82) is 5.41 Å². The predicted molar refractivity (Wildman–Crippen MR) is 63.0 cm³/mol. The largest absolute Gasteiger partial charge is 1.00 e. The molecule has 0 aliphatic rings. The van der Waals surface area contributed by atoms with Crippen molar-refractivity contribution in [2.45, 2.75) is 4.90 Å². The third-order valence-corrected chi connectivity index (χ3v) is 6.21. The van der Waals surface area contributed by atoms with Crippen LogP contribution < -0.4 is 29.6 Å². The quantitative estimate of drug-likeness (QED) is 0.208. The molecule has 1 aromatic rings. The molecule has 0 aliphatic heterocycles. The molecule has 0 bridgehead atoms. The van der Waals surface area contributed by atoms with Crippen LogP contribution in [0.2, 0.25) is 0 Å². The first-order chi connectivity index (χ1) is 6.99. The molecule has 0 amide bonds. The van der Waals surface area contributed by atoms with Crippen LogP contribution in [-0.2, 0) is 10.1 Å². The minimum atomic E-state index is -4.46. The van der Waals surface area contributed by atoms with Gasteiger partial charge in [-0.15, -0.1) is 0 Å². The first kappa shape index (κ1) is 16.5. The molecular weight excluding hydrogens is 356 g/mol. The number of hydrogen-bond donors (Lipinski definition) is 2. The van der Waals surface area contributed by atoms with Gasteiger partial charge in [0.25, 0.3) is 0 Å². The van der Waals surface area contributed by atoms with Gasteiger partial charge < -0.3 is 0 Å². The second kappa shape index (κ2) is 7.04. The molecular formula is C8H9INNaO4S. The summed E-state index contributed by atoms with van der Waals surface area (Å²) in [4.78, 5) is -0.308. The molecule has 0 atom stereocenters. The van der Waals surface area contributed by atoms with Crippen LogP contribution in [-0.4, -0.2) is 26.9 Å². The fourth-order valence-electron chi connectivity index (χ4n) is 0.940. The summed E-state index contributed by atoms with van der Waals surface area (Å²) in [6, 6.07) is 5.53. The van der Waals surface area contributed by atoms with Crippen molar-refractivity contribution in [3.63, 3.8) is 0 Å². The molecule has 5 nitrogen and oxygen atoms in total. The molecule has 0 radical (unpaired) electrons. The number of rotatable bonds is 4. The maximum Gasteiger partial charge on any atom is 1.00 e. The Morgan fingerprint density at radius 2 is 2.12 bits per heavy atom. The Bertz CT molecular complexity index is 465. The van der Waals surface area contributed by atoms with Gasteiger partial charge >= 0.3 is 125 Å². The Morgan fingerprint density at radius 3 is 2.56 bits per heavy atom. The zero-order valence-corrected chi connectivity index (χ0v) is 13.5. The Kier molecular flexibility index (Phi) is 7.26. The molecule has 0 fully saturated rings. The standard InChI is InChI=1S/C8H10INO4S.Na/c10-5-9(6-11)7-2-1-3-8(4-7)15(12,13)14;/h1-5,10-11H,6H2,(H,12,13,14);/q;+1/p-1. The summed E-state index contributed by atoms with van der Waals surface area (Å²) >= 11 is -2.13. The maximum absolute atomic E-state index is 10.7. The van der Waals surface area contributed by atoms with Gasteiger partial charge in [-0.1, -0.05) is 0 Å². The molecule has 1 rings (SSSR count).